The predicted molar refractivity (Wildman–Crippen MR) is 91.0 cm³/mol. The minimum Gasteiger partial charge on any atom is -0.408 e. The van der Waals surface area contributed by atoms with Gasteiger partial charge in [-0.15, -0.1) is 0 Å². The molecule has 0 aliphatic carbocycles. The molecule has 1 heterocycles. The SMILES string of the molecule is CC(C)(C)NC(=O)CNC(=O)CCn1c(=O)oc2cc(Cl)ccc21. The Morgan fingerprint density at radius 1 is 1.25 bits per heavy atom. The van der Waals surface area contributed by atoms with Crippen LogP contribution in [-0.2, 0) is 16.1 Å². The number of carbonyl (C=O) groups excluding carboxylic acids is 2. The fraction of sp³-hybridized carbons (Fsp3) is 0.438. The molecule has 0 spiro atoms. The van der Waals surface area contributed by atoms with Crippen molar-refractivity contribution in [2.45, 2.75) is 39.3 Å². The number of amides is 2. The Morgan fingerprint density at radius 2 is 1.96 bits per heavy atom. The second kappa shape index (κ2) is 7.09. The number of hydrogen-bond acceptors (Lipinski definition) is 4. The van der Waals surface area contributed by atoms with Crippen LogP contribution in [0.15, 0.2) is 27.4 Å². The maximum atomic E-state index is 11.9. The van der Waals surface area contributed by atoms with E-state index < -0.39 is 5.76 Å². The molecule has 0 fully saturated rings. The molecule has 0 saturated carbocycles. The lowest BCUT2D eigenvalue weighted by Crippen LogP contribution is -2.45. The minimum absolute atomic E-state index is 0.0555. The summed E-state index contributed by atoms with van der Waals surface area (Å²) in [7, 11) is 0. The maximum Gasteiger partial charge on any atom is 0.419 e. The first-order chi connectivity index (χ1) is 11.2. The van der Waals surface area contributed by atoms with E-state index in [9.17, 15) is 14.4 Å². The number of rotatable bonds is 5. The lowest BCUT2D eigenvalue weighted by Gasteiger charge is -2.20. The number of carbonyl (C=O) groups is 2. The van der Waals surface area contributed by atoms with Crippen molar-refractivity contribution in [3.8, 4) is 0 Å². The molecule has 0 aliphatic heterocycles. The number of aryl methyl sites for hydroxylation is 1. The van der Waals surface area contributed by atoms with E-state index in [1.807, 2.05) is 20.8 Å². The molecule has 0 bridgehead atoms. The zero-order valence-electron chi connectivity index (χ0n) is 13.8. The number of oxazole rings is 1. The summed E-state index contributed by atoms with van der Waals surface area (Å²) in [6.07, 6.45) is 0.0555. The highest BCUT2D eigenvalue weighted by atomic mass is 35.5. The quantitative estimate of drug-likeness (QED) is 0.855. The predicted octanol–water partition coefficient (Wildman–Crippen LogP) is 1.67. The van der Waals surface area contributed by atoms with Gasteiger partial charge in [-0.2, -0.15) is 0 Å². The van der Waals surface area contributed by atoms with E-state index in [0.29, 0.717) is 16.1 Å². The third kappa shape index (κ3) is 4.86. The lowest BCUT2D eigenvalue weighted by molar-refractivity contribution is -0.127. The monoisotopic (exact) mass is 353 g/mol. The molecule has 2 N–H and O–H groups in total. The van der Waals surface area contributed by atoms with Gasteiger partial charge in [-0.3, -0.25) is 14.2 Å². The summed E-state index contributed by atoms with van der Waals surface area (Å²) >= 11 is 5.85. The topological polar surface area (TPSA) is 93.3 Å². The molecule has 1 aromatic heterocycles. The number of hydrogen-bond donors (Lipinski definition) is 2. The Bertz CT molecular complexity index is 817. The van der Waals surface area contributed by atoms with Crippen LogP contribution in [0.1, 0.15) is 27.2 Å². The molecule has 1 aromatic carbocycles. The van der Waals surface area contributed by atoms with Gasteiger partial charge in [0.1, 0.15) is 0 Å². The van der Waals surface area contributed by atoms with Gasteiger partial charge in [-0.25, -0.2) is 4.79 Å². The Balaban J connectivity index is 1.92. The highest BCUT2D eigenvalue weighted by Crippen LogP contribution is 2.18. The molecule has 24 heavy (non-hydrogen) atoms. The van der Waals surface area contributed by atoms with Gasteiger partial charge in [0.25, 0.3) is 0 Å². The van der Waals surface area contributed by atoms with Gasteiger partial charge in [-0.05, 0) is 32.9 Å². The highest BCUT2D eigenvalue weighted by molar-refractivity contribution is 6.31. The fourth-order valence-electron chi connectivity index (χ4n) is 2.20. The summed E-state index contributed by atoms with van der Waals surface area (Å²) in [5.41, 5.74) is 0.590. The number of nitrogens with one attached hydrogen (secondary N) is 2. The molecule has 130 valence electrons. The van der Waals surface area contributed by atoms with Gasteiger partial charge in [0.15, 0.2) is 5.58 Å². The van der Waals surface area contributed by atoms with E-state index in [4.69, 9.17) is 16.0 Å². The molecule has 2 rings (SSSR count). The highest BCUT2D eigenvalue weighted by Gasteiger charge is 2.15. The van der Waals surface area contributed by atoms with E-state index in [0.717, 1.165) is 0 Å². The van der Waals surface area contributed by atoms with Crippen LogP contribution in [0.4, 0.5) is 0 Å². The molecular weight excluding hydrogens is 334 g/mol. The Labute approximate surface area is 144 Å². The van der Waals surface area contributed by atoms with Crippen molar-refractivity contribution in [3.63, 3.8) is 0 Å². The van der Waals surface area contributed by atoms with E-state index in [-0.39, 0.29) is 36.9 Å². The second-order valence-electron chi connectivity index (χ2n) is 6.46. The fourth-order valence-corrected chi connectivity index (χ4v) is 2.36. The zero-order chi connectivity index (χ0) is 17.9. The number of fused-ring (bicyclic) bond motifs is 1. The number of halogens is 1. The van der Waals surface area contributed by atoms with Crippen molar-refractivity contribution in [2.24, 2.45) is 0 Å². The first-order valence-electron chi connectivity index (χ1n) is 7.52. The molecule has 2 aromatic rings. The molecule has 0 unspecified atom stereocenters. The van der Waals surface area contributed by atoms with Crippen LogP contribution >= 0.6 is 11.6 Å². The normalized spacial score (nSPS) is 11.5. The average molecular weight is 354 g/mol. The van der Waals surface area contributed by atoms with Gasteiger partial charge >= 0.3 is 5.76 Å². The third-order valence-corrected chi connectivity index (χ3v) is 3.39. The largest absolute Gasteiger partial charge is 0.419 e. The van der Waals surface area contributed by atoms with Crippen LogP contribution in [0.3, 0.4) is 0 Å². The summed E-state index contributed by atoms with van der Waals surface area (Å²) in [4.78, 5) is 35.3. The second-order valence-corrected chi connectivity index (χ2v) is 6.89. The number of nitrogens with zero attached hydrogens (tertiary/aromatic N) is 1. The van der Waals surface area contributed by atoms with Crippen molar-refractivity contribution >= 4 is 34.5 Å². The van der Waals surface area contributed by atoms with Gasteiger partial charge in [0.05, 0.1) is 12.1 Å². The molecule has 8 heteroatoms. The van der Waals surface area contributed by atoms with Crippen LogP contribution in [0.25, 0.3) is 11.1 Å². The van der Waals surface area contributed by atoms with Gasteiger partial charge in [0.2, 0.25) is 11.8 Å². The Morgan fingerprint density at radius 3 is 2.62 bits per heavy atom. The van der Waals surface area contributed by atoms with Crippen molar-refractivity contribution in [1.82, 2.24) is 15.2 Å². The van der Waals surface area contributed by atoms with Gasteiger partial charge in [-0.1, -0.05) is 11.6 Å². The first kappa shape index (κ1) is 18.1. The molecule has 0 atom stereocenters. The molecule has 2 amide bonds. The molecule has 0 saturated heterocycles. The number of benzene rings is 1. The summed E-state index contributed by atoms with van der Waals surface area (Å²) in [6, 6.07) is 4.86. The summed E-state index contributed by atoms with van der Waals surface area (Å²) in [5.74, 6) is -1.14. The van der Waals surface area contributed by atoms with Crippen molar-refractivity contribution in [3.05, 3.63) is 33.8 Å². The van der Waals surface area contributed by atoms with Crippen LogP contribution in [-0.4, -0.2) is 28.5 Å². The van der Waals surface area contributed by atoms with E-state index in [2.05, 4.69) is 10.6 Å². The Kier molecular flexibility index (Phi) is 5.33. The van der Waals surface area contributed by atoms with Crippen molar-refractivity contribution in [2.75, 3.05) is 6.54 Å². The lowest BCUT2D eigenvalue weighted by atomic mass is 10.1. The average Bonchev–Trinajstić information content (AvgIpc) is 2.75. The summed E-state index contributed by atoms with van der Waals surface area (Å²) < 4.78 is 6.45. The third-order valence-electron chi connectivity index (χ3n) is 3.15. The first-order valence-corrected chi connectivity index (χ1v) is 7.90. The van der Waals surface area contributed by atoms with Gasteiger partial charge in [0, 0.05) is 29.6 Å². The van der Waals surface area contributed by atoms with Crippen LogP contribution < -0.4 is 16.4 Å². The molecule has 0 radical (unpaired) electrons. The van der Waals surface area contributed by atoms with Crippen LogP contribution in [0.2, 0.25) is 5.02 Å². The molecule has 0 aliphatic rings. The Hall–Kier alpha value is -2.28. The van der Waals surface area contributed by atoms with Gasteiger partial charge < -0.3 is 15.1 Å². The standard InChI is InChI=1S/C16H20ClN3O4/c1-16(2,3)19-14(22)9-18-13(21)6-7-20-11-5-4-10(17)8-12(11)24-15(20)23/h4-5,8H,6-7,9H2,1-3H3,(H,18,21)(H,19,22). The van der Waals surface area contributed by atoms with Crippen molar-refractivity contribution in [1.29, 1.82) is 0 Å². The number of aromatic nitrogens is 1. The summed E-state index contributed by atoms with van der Waals surface area (Å²) in [5, 5.41) is 5.74. The van der Waals surface area contributed by atoms with Crippen LogP contribution in [0, 0.1) is 0 Å². The van der Waals surface area contributed by atoms with E-state index in [1.165, 1.54) is 4.57 Å². The van der Waals surface area contributed by atoms with E-state index in [1.54, 1.807) is 18.2 Å². The zero-order valence-corrected chi connectivity index (χ0v) is 14.6. The maximum absolute atomic E-state index is 11.9. The molecule has 7 nitrogen and oxygen atoms in total. The molecular formula is C16H20ClN3O4. The van der Waals surface area contributed by atoms with Crippen molar-refractivity contribution < 1.29 is 14.0 Å². The smallest absolute Gasteiger partial charge is 0.408 e. The van der Waals surface area contributed by atoms with Crippen LogP contribution in [0.5, 0.6) is 0 Å². The minimum atomic E-state index is -0.550. The van der Waals surface area contributed by atoms with E-state index >= 15 is 0 Å². The summed E-state index contributed by atoms with van der Waals surface area (Å²) in [6.45, 7) is 5.62.